The molecule has 2 aromatic carbocycles. The van der Waals surface area contributed by atoms with E-state index in [9.17, 15) is 9.18 Å². The zero-order chi connectivity index (χ0) is 19.8. The number of carbonyl (C=O) groups is 1. The second-order valence-electron chi connectivity index (χ2n) is 6.36. The molecule has 3 aromatic rings. The fourth-order valence-corrected chi connectivity index (χ4v) is 3.58. The van der Waals surface area contributed by atoms with Crippen molar-refractivity contribution in [2.45, 2.75) is 19.9 Å². The van der Waals surface area contributed by atoms with E-state index in [1.165, 1.54) is 6.07 Å². The first-order valence-corrected chi connectivity index (χ1v) is 9.26. The molecule has 1 aliphatic heterocycles. The number of aromatic nitrogens is 2. The average Bonchev–Trinajstić information content (AvgIpc) is 3.07. The molecule has 0 aliphatic carbocycles. The van der Waals surface area contributed by atoms with Gasteiger partial charge in [-0.25, -0.2) is 14.2 Å². The third-order valence-electron chi connectivity index (χ3n) is 4.59. The van der Waals surface area contributed by atoms with Crippen molar-refractivity contribution < 1.29 is 13.9 Å². The van der Waals surface area contributed by atoms with Crippen molar-refractivity contribution in [2.24, 2.45) is 4.99 Å². The molecule has 5 nitrogen and oxygen atoms in total. The van der Waals surface area contributed by atoms with Crippen LogP contribution >= 0.6 is 11.6 Å². The second kappa shape index (κ2) is 7.20. The zero-order valence-electron chi connectivity index (χ0n) is 15.3. The number of halogens is 2. The standard InChI is InChI=1S/C21H17ClFN3O2/c1-3-28-21(27)19-20-12(2)25-18(14-6-4-5-7-16(14)23)15-10-13(22)8-9-17(15)26(20)11-24-19/h4-12H,3H2,1-2H3. The van der Waals surface area contributed by atoms with Gasteiger partial charge in [-0.15, -0.1) is 0 Å². The lowest BCUT2D eigenvalue weighted by Gasteiger charge is -2.12. The molecular formula is C21H17ClFN3O2. The lowest BCUT2D eigenvalue weighted by atomic mass is 10.00. The van der Waals surface area contributed by atoms with Crippen LogP contribution in [-0.4, -0.2) is 27.8 Å². The maximum atomic E-state index is 14.6. The predicted octanol–water partition coefficient (Wildman–Crippen LogP) is 4.75. The van der Waals surface area contributed by atoms with Crippen molar-refractivity contribution in [1.82, 2.24) is 9.55 Å². The smallest absolute Gasteiger partial charge is 0.358 e. The Bertz CT molecular complexity index is 1110. The van der Waals surface area contributed by atoms with Gasteiger partial charge in [0.1, 0.15) is 12.1 Å². The maximum absolute atomic E-state index is 14.6. The summed E-state index contributed by atoms with van der Waals surface area (Å²) in [6, 6.07) is 11.3. The van der Waals surface area contributed by atoms with Crippen LogP contribution in [0.3, 0.4) is 0 Å². The van der Waals surface area contributed by atoms with Crippen molar-refractivity contribution in [3.05, 3.63) is 82.1 Å². The third-order valence-corrected chi connectivity index (χ3v) is 4.83. The van der Waals surface area contributed by atoms with E-state index in [2.05, 4.69) is 4.98 Å². The Balaban J connectivity index is 2.00. The topological polar surface area (TPSA) is 56.5 Å². The Labute approximate surface area is 166 Å². The summed E-state index contributed by atoms with van der Waals surface area (Å²) in [6.07, 6.45) is 1.56. The van der Waals surface area contributed by atoms with Crippen LogP contribution in [0, 0.1) is 5.82 Å². The Morgan fingerprint density at radius 1 is 1.25 bits per heavy atom. The number of esters is 1. The van der Waals surface area contributed by atoms with Gasteiger partial charge in [0.25, 0.3) is 0 Å². The van der Waals surface area contributed by atoms with Crippen LogP contribution in [0.5, 0.6) is 0 Å². The summed E-state index contributed by atoms with van der Waals surface area (Å²) >= 11 is 6.24. The van der Waals surface area contributed by atoms with E-state index in [-0.39, 0.29) is 18.1 Å². The highest BCUT2D eigenvalue weighted by atomic mass is 35.5. The number of imidazole rings is 1. The molecule has 0 spiro atoms. The molecule has 0 saturated carbocycles. The number of hydrogen-bond donors (Lipinski definition) is 0. The van der Waals surface area contributed by atoms with Crippen molar-refractivity contribution >= 4 is 23.3 Å². The van der Waals surface area contributed by atoms with E-state index in [4.69, 9.17) is 21.3 Å². The quantitative estimate of drug-likeness (QED) is 0.599. The van der Waals surface area contributed by atoms with Crippen molar-refractivity contribution in [2.75, 3.05) is 6.61 Å². The van der Waals surface area contributed by atoms with Gasteiger partial charge in [0.05, 0.1) is 29.7 Å². The van der Waals surface area contributed by atoms with Crippen LogP contribution < -0.4 is 0 Å². The number of aliphatic imine (C=N–C) groups is 1. The molecule has 0 N–H and O–H groups in total. The molecule has 0 radical (unpaired) electrons. The van der Waals surface area contributed by atoms with Gasteiger partial charge >= 0.3 is 5.97 Å². The van der Waals surface area contributed by atoms with Crippen molar-refractivity contribution in [3.63, 3.8) is 0 Å². The van der Waals surface area contributed by atoms with Crippen LogP contribution in [0.15, 0.2) is 53.8 Å². The number of carbonyl (C=O) groups excluding carboxylic acids is 1. The lowest BCUT2D eigenvalue weighted by molar-refractivity contribution is 0.0518. The van der Waals surface area contributed by atoms with Gasteiger partial charge in [0, 0.05) is 16.1 Å². The van der Waals surface area contributed by atoms with Gasteiger partial charge in [-0.1, -0.05) is 23.7 Å². The number of nitrogens with zero attached hydrogens (tertiary/aromatic N) is 3. The summed E-state index contributed by atoms with van der Waals surface area (Å²) in [5, 5.41) is 0.504. The number of ether oxygens (including phenoxy) is 1. The second-order valence-corrected chi connectivity index (χ2v) is 6.80. The molecule has 1 aliphatic rings. The predicted molar refractivity (Wildman–Crippen MR) is 105 cm³/mol. The molecule has 0 saturated heterocycles. The van der Waals surface area contributed by atoms with E-state index in [0.717, 1.165) is 0 Å². The van der Waals surface area contributed by atoms with Crippen molar-refractivity contribution in [3.8, 4) is 5.69 Å². The first-order chi connectivity index (χ1) is 13.5. The highest BCUT2D eigenvalue weighted by Gasteiger charge is 2.29. The molecule has 0 amide bonds. The SMILES string of the molecule is CCOC(=O)c1ncn2c1C(C)N=C(c1ccccc1F)c1cc(Cl)ccc1-2. The fourth-order valence-electron chi connectivity index (χ4n) is 3.41. The molecule has 1 unspecified atom stereocenters. The van der Waals surface area contributed by atoms with E-state index in [0.29, 0.717) is 33.2 Å². The summed E-state index contributed by atoms with van der Waals surface area (Å²) in [4.78, 5) is 21.4. The number of rotatable bonds is 3. The average molecular weight is 398 g/mol. The van der Waals surface area contributed by atoms with Crippen LogP contribution in [-0.2, 0) is 4.74 Å². The summed E-state index contributed by atoms with van der Waals surface area (Å²) in [7, 11) is 0. The molecule has 1 atom stereocenters. The monoisotopic (exact) mass is 397 g/mol. The molecule has 2 heterocycles. The van der Waals surface area contributed by atoms with Crippen LogP contribution in [0.25, 0.3) is 5.69 Å². The number of benzene rings is 2. The number of fused-ring (bicyclic) bond motifs is 3. The van der Waals surface area contributed by atoms with E-state index in [1.54, 1.807) is 48.1 Å². The van der Waals surface area contributed by atoms with E-state index >= 15 is 0 Å². The summed E-state index contributed by atoms with van der Waals surface area (Å²) in [6.45, 7) is 3.82. The first-order valence-electron chi connectivity index (χ1n) is 8.88. The van der Waals surface area contributed by atoms with Crippen molar-refractivity contribution in [1.29, 1.82) is 0 Å². The van der Waals surface area contributed by atoms with Gasteiger partial charge in [-0.3, -0.25) is 9.56 Å². The van der Waals surface area contributed by atoms with Gasteiger partial charge in [-0.05, 0) is 44.2 Å². The molecule has 7 heteroatoms. The Hall–Kier alpha value is -2.99. The molecule has 28 heavy (non-hydrogen) atoms. The molecular weight excluding hydrogens is 381 g/mol. The minimum absolute atomic E-state index is 0.203. The minimum Gasteiger partial charge on any atom is -0.461 e. The Morgan fingerprint density at radius 3 is 2.79 bits per heavy atom. The van der Waals surface area contributed by atoms with E-state index < -0.39 is 12.0 Å². The first kappa shape index (κ1) is 18.4. The minimum atomic E-state index is -0.511. The number of hydrogen-bond acceptors (Lipinski definition) is 4. The van der Waals surface area contributed by atoms with Gasteiger partial charge in [0.15, 0.2) is 5.69 Å². The summed E-state index contributed by atoms with van der Waals surface area (Å²) in [5.74, 6) is -0.891. The maximum Gasteiger partial charge on any atom is 0.358 e. The van der Waals surface area contributed by atoms with Crippen LogP contribution in [0.1, 0.15) is 47.2 Å². The largest absolute Gasteiger partial charge is 0.461 e. The molecule has 142 valence electrons. The molecule has 0 fully saturated rings. The van der Waals surface area contributed by atoms with Gasteiger partial charge in [0.2, 0.25) is 0 Å². The molecule has 0 bridgehead atoms. The third kappa shape index (κ3) is 2.99. The zero-order valence-corrected chi connectivity index (χ0v) is 16.1. The Morgan fingerprint density at radius 2 is 2.04 bits per heavy atom. The highest BCUT2D eigenvalue weighted by molar-refractivity contribution is 6.31. The van der Waals surface area contributed by atoms with Crippen LogP contribution in [0.4, 0.5) is 4.39 Å². The van der Waals surface area contributed by atoms with E-state index in [1.807, 2.05) is 13.0 Å². The lowest BCUT2D eigenvalue weighted by Crippen LogP contribution is -2.11. The molecule has 4 rings (SSSR count). The molecule has 1 aromatic heterocycles. The Kier molecular flexibility index (Phi) is 4.73. The fraction of sp³-hybridized carbons (Fsp3) is 0.190. The normalized spacial score (nSPS) is 15.3. The highest BCUT2D eigenvalue weighted by Crippen LogP contribution is 2.34. The van der Waals surface area contributed by atoms with Gasteiger partial charge < -0.3 is 4.74 Å². The van der Waals surface area contributed by atoms with Crippen LogP contribution in [0.2, 0.25) is 5.02 Å². The summed E-state index contributed by atoms with van der Waals surface area (Å²) in [5.41, 5.74) is 3.02. The van der Waals surface area contributed by atoms with Gasteiger partial charge in [-0.2, -0.15) is 0 Å². The summed E-state index contributed by atoms with van der Waals surface area (Å²) < 4.78 is 21.5.